The van der Waals surface area contributed by atoms with Crippen molar-refractivity contribution in [2.75, 3.05) is 20.2 Å². The third-order valence-electron chi connectivity index (χ3n) is 5.65. The van der Waals surface area contributed by atoms with Crippen LogP contribution in [0.1, 0.15) is 49.9 Å². The Morgan fingerprint density at radius 3 is 2.34 bits per heavy atom. The smallest absolute Gasteiger partial charge is 0.279 e. The number of amides is 1. The van der Waals surface area contributed by atoms with Gasteiger partial charge in [0.2, 0.25) is 10.0 Å². The first kappa shape index (κ1) is 26.8. The highest BCUT2D eigenvalue weighted by molar-refractivity contribution is 7.89. The van der Waals surface area contributed by atoms with E-state index >= 15 is 0 Å². The fourth-order valence-electron chi connectivity index (χ4n) is 3.74. The van der Waals surface area contributed by atoms with Gasteiger partial charge >= 0.3 is 0 Å². The summed E-state index contributed by atoms with van der Waals surface area (Å²) in [7, 11) is -2.02. The lowest BCUT2D eigenvalue weighted by Crippen LogP contribution is -2.33. The molecule has 1 amide bonds. The second kappa shape index (κ2) is 12.3. The van der Waals surface area contributed by atoms with Crippen LogP contribution in [0.5, 0.6) is 5.75 Å². The van der Waals surface area contributed by atoms with E-state index < -0.39 is 15.9 Å². The number of hydrogen-bond donors (Lipinski definition) is 0. The summed E-state index contributed by atoms with van der Waals surface area (Å²) in [5, 5.41) is 0. The average Bonchev–Trinajstić information content (AvgIpc) is 3.21. The summed E-state index contributed by atoms with van der Waals surface area (Å²) >= 11 is 1.39. The first-order valence-electron chi connectivity index (χ1n) is 11.8. The third kappa shape index (κ3) is 6.09. The number of aromatic nitrogens is 1. The maximum absolute atomic E-state index is 13.2. The van der Waals surface area contributed by atoms with E-state index in [-0.39, 0.29) is 4.90 Å². The Hall–Kier alpha value is -2.75. The van der Waals surface area contributed by atoms with Gasteiger partial charge in [0.1, 0.15) is 11.3 Å². The third-order valence-corrected chi connectivity index (χ3v) is 8.61. The summed E-state index contributed by atoms with van der Waals surface area (Å²) < 4.78 is 36.2. The van der Waals surface area contributed by atoms with Crippen molar-refractivity contribution < 1.29 is 17.9 Å². The van der Waals surface area contributed by atoms with Gasteiger partial charge in [-0.25, -0.2) is 8.42 Å². The molecule has 0 aliphatic heterocycles. The first-order valence-corrected chi connectivity index (χ1v) is 14.1. The van der Waals surface area contributed by atoms with E-state index in [2.05, 4.69) is 11.6 Å². The number of sulfonamides is 1. The Kier molecular flexibility index (Phi) is 9.42. The molecular formula is C26H33N3O4S2. The number of nitrogens with zero attached hydrogens (tertiary/aromatic N) is 3. The molecular weight excluding hydrogens is 482 g/mol. The Balaban J connectivity index is 1.94. The van der Waals surface area contributed by atoms with E-state index in [1.165, 1.54) is 35.6 Å². The van der Waals surface area contributed by atoms with Crippen molar-refractivity contribution in [2.24, 2.45) is 4.99 Å². The van der Waals surface area contributed by atoms with E-state index in [9.17, 15) is 13.2 Å². The minimum absolute atomic E-state index is 0.189. The van der Waals surface area contributed by atoms with Crippen molar-refractivity contribution in [3.8, 4) is 5.75 Å². The predicted molar refractivity (Wildman–Crippen MR) is 141 cm³/mol. The molecule has 0 fully saturated rings. The number of fused-ring (bicyclic) bond motifs is 1. The molecule has 3 rings (SSSR count). The number of rotatable bonds is 12. The quantitative estimate of drug-likeness (QED) is 0.309. The summed E-state index contributed by atoms with van der Waals surface area (Å²) in [6.45, 7) is 9.35. The highest BCUT2D eigenvalue weighted by Crippen LogP contribution is 2.27. The van der Waals surface area contributed by atoms with E-state index in [0.29, 0.717) is 35.7 Å². The van der Waals surface area contributed by atoms with Gasteiger partial charge < -0.3 is 9.30 Å². The lowest BCUT2D eigenvalue weighted by Gasteiger charge is -2.22. The van der Waals surface area contributed by atoms with Crippen LogP contribution in [0.4, 0.5) is 0 Å². The molecule has 0 atom stereocenters. The van der Waals surface area contributed by atoms with Gasteiger partial charge in [0.25, 0.3) is 5.91 Å². The zero-order valence-electron chi connectivity index (χ0n) is 20.6. The predicted octanol–water partition coefficient (Wildman–Crippen LogP) is 5.23. The van der Waals surface area contributed by atoms with Gasteiger partial charge in [-0.1, -0.05) is 50.2 Å². The van der Waals surface area contributed by atoms with Gasteiger partial charge in [-0.05, 0) is 49.2 Å². The lowest BCUT2D eigenvalue weighted by atomic mass is 10.2. The first-order chi connectivity index (χ1) is 16.9. The lowest BCUT2D eigenvalue weighted by molar-refractivity contribution is 0.0997. The molecule has 0 N–H and O–H groups in total. The fraction of sp³-hybridized carbons (Fsp3) is 0.385. The number of unbranched alkanes of at least 4 members (excludes halogenated alkanes) is 2. The zero-order valence-corrected chi connectivity index (χ0v) is 22.2. The number of ether oxygens (including phenoxy) is 1. The van der Waals surface area contributed by atoms with E-state index in [1.54, 1.807) is 17.5 Å². The molecule has 0 unspecified atom stereocenters. The van der Waals surface area contributed by atoms with Crippen molar-refractivity contribution in [3.05, 3.63) is 65.5 Å². The van der Waals surface area contributed by atoms with Crippen LogP contribution in [0.3, 0.4) is 0 Å². The zero-order chi connectivity index (χ0) is 25.4. The number of methoxy groups -OCH3 is 1. The van der Waals surface area contributed by atoms with Gasteiger partial charge in [0.05, 0.1) is 16.7 Å². The molecule has 35 heavy (non-hydrogen) atoms. The van der Waals surface area contributed by atoms with Gasteiger partial charge in [-0.15, -0.1) is 6.58 Å². The fourth-order valence-corrected chi connectivity index (χ4v) is 6.31. The van der Waals surface area contributed by atoms with Crippen LogP contribution >= 0.6 is 11.3 Å². The van der Waals surface area contributed by atoms with Gasteiger partial charge in [-0.2, -0.15) is 9.30 Å². The van der Waals surface area contributed by atoms with Crippen LogP contribution in [-0.2, 0) is 16.6 Å². The molecule has 0 saturated carbocycles. The van der Waals surface area contributed by atoms with Crippen molar-refractivity contribution in [1.82, 2.24) is 8.87 Å². The Labute approximate surface area is 211 Å². The van der Waals surface area contributed by atoms with Crippen LogP contribution < -0.4 is 9.54 Å². The molecule has 3 aromatic rings. The van der Waals surface area contributed by atoms with Crippen molar-refractivity contribution in [2.45, 2.75) is 51.0 Å². The molecule has 188 valence electrons. The van der Waals surface area contributed by atoms with Crippen molar-refractivity contribution >= 4 is 37.5 Å². The van der Waals surface area contributed by atoms with Crippen LogP contribution in [0.25, 0.3) is 10.2 Å². The number of thiazole rings is 1. The van der Waals surface area contributed by atoms with Gasteiger partial charge in [-0.3, -0.25) is 4.79 Å². The molecule has 0 aliphatic carbocycles. The monoisotopic (exact) mass is 515 g/mol. The standard InChI is InChI=1S/C26H33N3O4S2/c1-5-8-18-28(19-9-6-2)35(31,32)21-15-13-20(14-16-21)25(30)27-26-29(17-7-3)24-22(33-4)11-10-12-23(24)34-26/h7,10-16H,3,5-6,8-9,17-19H2,1-2,4H3. The number of hydrogen-bond acceptors (Lipinski definition) is 5. The maximum atomic E-state index is 13.2. The summed E-state index contributed by atoms with van der Waals surface area (Å²) in [5.74, 6) is 0.255. The number of carbonyl (C=O) groups is 1. The normalized spacial score (nSPS) is 12.4. The molecule has 2 aromatic carbocycles. The minimum Gasteiger partial charge on any atom is -0.495 e. The average molecular weight is 516 g/mol. The van der Waals surface area contributed by atoms with Crippen molar-refractivity contribution in [3.63, 3.8) is 0 Å². The Bertz CT molecular complexity index is 1330. The second-order valence-electron chi connectivity index (χ2n) is 8.14. The highest BCUT2D eigenvalue weighted by atomic mass is 32.2. The molecule has 0 spiro atoms. The molecule has 1 heterocycles. The minimum atomic E-state index is -3.62. The largest absolute Gasteiger partial charge is 0.495 e. The van der Waals surface area contributed by atoms with Crippen LogP contribution in [0.15, 0.2) is 65.0 Å². The Morgan fingerprint density at radius 2 is 1.77 bits per heavy atom. The summed E-state index contributed by atoms with van der Waals surface area (Å²) in [4.78, 5) is 18.1. The molecule has 0 radical (unpaired) electrons. The van der Waals surface area contributed by atoms with Crippen molar-refractivity contribution in [1.29, 1.82) is 0 Å². The van der Waals surface area contributed by atoms with Crippen LogP contribution in [-0.4, -0.2) is 43.4 Å². The molecule has 0 aliphatic rings. The molecule has 0 saturated heterocycles. The van der Waals surface area contributed by atoms with Gasteiger partial charge in [0, 0.05) is 25.2 Å². The summed E-state index contributed by atoms with van der Waals surface area (Å²) in [6, 6.07) is 11.8. The Morgan fingerprint density at radius 1 is 1.11 bits per heavy atom. The van der Waals surface area contributed by atoms with Gasteiger partial charge in [0.15, 0.2) is 4.80 Å². The second-order valence-corrected chi connectivity index (χ2v) is 11.1. The number of para-hydroxylation sites is 1. The van der Waals surface area contributed by atoms with E-state index in [1.807, 2.05) is 36.6 Å². The SMILES string of the molecule is C=CCn1c(=NC(=O)c2ccc(S(=O)(=O)N(CCCC)CCCC)cc2)sc2cccc(OC)c21. The molecule has 7 nitrogen and oxygen atoms in total. The number of benzene rings is 2. The van der Waals surface area contributed by atoms with Crippen LogP contribution in [0, 0.1) is 0 Å². The van der Waals surface area contributed by atoms with E-state index in [4.69, 9.17) is 4.74 Å². The molecule has 0 bridgehead atoms. The molecule has 9 heteroatoms. The number of carbonyl (C=O) groups excluding carboxylic acids is 1. The summed E-state index contributed by atoms with van der Waals surface area (Å²) in [5.41, 5.74) is 1.18. The van der Waals surface area contributed by atoms with Crippen LogP contribution in [0.2, 0.25) is 0 Å². The van der Waals surface area contributed by atoms with E-state index in [0.717, 1.165) is 35.9 Å². The topological polar surface area (TPSA) is 81.0 Å². The number of allylic oxidation sites excluding steroid dienone is 1. The molecule has 1 aromatic heterocycles. The highest BCUT2D eigenvalue weighted by Gasteiger charge is 2.24. The maximum Gasteiger partial charge on any atom is 0.279 e. The summed E-state index contributed by atoms with van der Waals surface area (Å²) in [6.07, 6.45) is 5.20.